The maximum absolute atomic E-state index is 12.5. The average molecular weight is 318 g/mol. The Hall–Kier alpha value is -1.69. The SMILES string of the molecule is CCCn1cnnc1C1CCCN(C(=O)Cc2ccsc2)C1. The van der Waals surface area contributed by atoms with Gasteiger partial charge >= 0.3 is 0 Å². The lowest BCUT2D eigenvalue weighted by atomic mass is 9.96. The van der Waals surface area contributed by atoms with Gasteiger partial charge in [-0.1, -0.05) is 6.92 Å². The Labute approximate surface area is 135 Å². The second-order valence-electron chi connectivity index (χ2n) is 5.87. The fraction of sp³-hybridized carbons (Fsp3) is 0.562. The van der Waals surface area contributed by atoms with Crippen molar-refractivity contribution < 1.29 is 4.79 Å². The molecule has 1 aliphatic heterocycles. The maximum atomic E-state index is 12.5. The van der Waals surface area contributed by atoms with Gasteiger partial charge in [-0.25, -0.2) is 0 Å². The fourth-order valence-electron chi connectivity index (χ4n) is 3.09. The van der Waals surface area contributed by atoms with Crippen LogP contribution in [-0.4, -0.2) is 38.7 Å². The Kier molecular flexibility index (Phi) is 4.87. The monoisotopic (exact) mass is 318 g/mol. The molecule has 22 heavy (non-hydrogen) atoms. The van der Waals surface area contributed by atoms with Crippen LogP contribution in [0.3, 0.4) is 0 Å². The van der Waals surface area contributed by atoms with Crippen LogP contribution in [0.15, 0.2) is 23.2 Å². The zero-order valence-corrected chi connectivity index (χ0v) is 13.8. The molecule has 6 heteroatoms. The maximum Gasteiger partial charge on any atom is 0.227 e. The van der Waals surface area contributed by atoms with Crippen LogP contribution in [0.2, 0.25) is 0 Å². The molecule has 1 atom stereocenters. The Morgan fingerprint density at radius 1 is 1.50 bits per heavy atom. The zero-order chi connectivity index (χ0) is 15.4. The van der Waals surface area contributed by atoms with E-state index in [1.807, 2.05) is 22.7 Å². The third-order valence-electron chi connectivity index (χ3n) is 4.18. The molecule has 0 aromatic carbocycles. The van der Waals surface area contributed by atoms with Crippen molar-refractivity contribution in [1.29, 1.82) is 0 Å². The van der Waals surface area contributed by atoms with Gasteiger partial charge in [-0.3, -0.25) is 4.79 Å². The number of thiophene rings is 1. The Morgan fingerprint density at radius 2 is 2.41 bits per heavy atom. The van der Waals surface area contributed by atoms with Crippen LogP contribution in [0.1, 0.15) is 43.5 Å². The summed E-state index contributed by atoms with van der Waals surface area (Å²) in [7, 11) is 0. The Balaban J connectivity index is 1.66. The molecular formula is C16H22N4OS. The van der Waals surface area contributed by atoms with Gasteiger partial charge in [0.2, 0.25) is 5.91 Å². The Bertz CT molecular complexity index is 607. The second kappa shape index (κ2) is 7.05. The van der Waals surface area contributed by atoms with Gasteiger partial charge in [-0.15, -0.1) is 10.2 Å². The molecule has 3 rings (SSSR count). The summed E-state index contributed by atoms with van der Waals surface area (Å²) in [6.07, 6.45) is 5.52. The predicted octanol–water partition coefficient (Wildman–Crippen LogP) is 2.70. The van der Waals surface area contributed by atoms with E-state index in [2.05, 4.69) is 27.1 Å². The summed E-state index contributed by atoms with van der Waals surface area (Å²) >= 11 is 1.64. The van der Waals surface area contributed by atoms with Gasteiger partial charge in [0.15, 0.2) is 0 Å². The third-order valence-corrected chi connectivity index (χ3v) is 4.92. The number of carbonyl (C=O) groups excluding carboxylic acids is 1. The number of aromatic nitrogens is 3. The number of aryl methyl sites for hydroxylation is 1. The first-order valence-corrected chi connectivity index (χ1v) is 8.88. The number of hydrogen-bond acceptors (Lipinski definition) is 4. The average Bonchev–Trinajstić information content (AvgIpc) is 3.19. The van der Waals surface area contributed by atoms with Crippen molar-refractivity contribution in [2.45, 2.75) is 45.1 Å². The van der Waals surface area contributed by atoms with Crippen molar-refractivity contribution in [3.05, 3.63) is 34.5 Å². The summed E-state index contributed by atoms with van der Waals surface area (Å²) < 4.78 is 2.14. The second-order valence-corrected chi connectivity index (χ2v) is 6.65. The zero-order valence-electron chi connectivity index (χ0n) is 12.9. The van der Waals surface area contributed by atoms with Crippen molar-refractivity contribution in [1.82, 2.24) is 19.7 Å². The number of nitrogens with zero attached hydrogens (tertiary/aromatic N) is 4. The topological polar surface area (TPSA) is 51.0 Å². The molecule has 0 aliphatic carbocycles. The molecular weight excluding hydrogens is 296 g/mol. The molecule has 1 fully saturated rings. The molecule has 2 aromatic heterocycles. The quantitative estimate of drug-likeness (QED) is 0.851. The molecule has 0 saturated carbocycles. The molecule has 1 unspecified atom stereocenters. The van der Waals surface area contributed by atoms with Crippen molar-refractivity contribution >= 4 is 17.2 Å². The minimum atomic E-state index is 0.227. The highest BCUT2D eigenvalue weighted by molar-refractivity contribution is 7.07. The highest BCUT2D eigenvalue weighted by Crippen LogP contribution is 2.26. The summed E-state index contributed by atoms with van der Waals surface area (Å²) in [5, 5.41) is 12.4. The van der Waals surface area contributed by atoms with Crippen LogP contribution in [0.4, 0.5) is 0 Å². The number of piperidine rings is 1. The van der Waals surface area contributed by atoms with Crippen LogP contribution >= 0.6 is 11.3 Å². The van der Waals surface area contributed by atoms with Gasteiger partial charge in [-0.05, 0) is 41.7 Å². The first kappa shape index (κ1) is 15.2. The molecule has 1 amide bonds. The number of hydrogen-bond donors (Lipinski definition) is 0. The standard InChI is InChI=1S/C16H22N4OS/c1-2-6-20-12-17-18-16(20)14-4-3-7-19(10-14)15(21)9-13-5-8-22-11-13/h5,8,11-12,14H,2-4,6-7,9-10H2,1H3. The molecule has 1 aliphatic rings. The van der Waals surface area contributed by atoms with Crippen molar-refractivity contribution in [2.24, 2.45) is 0 Å². The van der Waals surface area contributed by atoms with E-state index in [0.29, 0.717) is 12.3 Å². The van der Waals surface area contributed by atoms with E-state index < -0.39 is 0 Å². The van der Waals surface area contributed by atoms with Gasteiger partial charge in [0.1, 0.15) is 12.2 Å². The highest BCUT2D eigenvalue weighted by Gasteiger charge is 2.27. The summed E-state index contributed by atoms with van der Waals surface area (Å²) in [4.78, 5) is 14.5. The Morgan fingerprint density at radius 3 is 3.18 bits per heavy atom. The number of likely N-dealkylation sites (tertiary alicyclic amines) is 1. The fourth-order valence-corrected chi connectivity index (χ4v) is 3.76. The molecule has 0 N–H and O–H groups in total. The molecule has 3 heterocycles. The van der Waals surface area contributed by atoms with Gasteiger partial charge in [0, 0.05) is 25.6 Å². The van der Waals surface area contributed by atoms with E-state index in [1.54, 1.807) is 11.3 Å². The normalized spacial score (nSPS) is 18.6. The van der Waals surface area contributed by atoms with E-state index in [4.69, 9.17) is 0 Å². The number of carbonyl (C=O) groups is 1. The van der Waals surface area contributed by atoms with Crippen LogP contribution < -0.4 is 0 Å². The lowest BCUT2D eigenvalue weighted by Crippen LogP contribution is -2.40. The lowest BCUT2D eigenvalue weighted by molar-refractivity contribution is -0.131. The molecule has 2 aromatic rings. The van der Waals surface area contributed by atoms with Gasteiger partial charge in [-0.2, -0.15) is 11.3 Å². The summed E-state index contributed by atoms with van der Waals surface area (Å²) in [6.45, 7) is 4.73. The van der Waals surface area contributed by atoms with E-state index in [-0.39, 0.29) is 5.91 Å². The van der Waals surface area contributed by atoms with Crippen LogP contribution in [-0.2, 0) is 17.8 Å². The summed E-state index contributed by atoms with van der Waals surface area (Å²) in [5.74, 6) is 1.58. The molecule has 0 radical (unpaired) electrons. The smallest absolute Gasteiger partial charge is 0.227 e. The molecule has 1 saturated heterocycles. The third kappa shape index (κ3) is 3.38. The van der Waals surface area contributed by atoms with E-state index >= 15 is 0 Å². The van der Waals surface area contributed by atoms with Gasteiger partial charge in [0.25, 0.3) is 0 Å². The predicted molar refractivity (Wildman–Crippen MR) is 86.9 cm³/mol. The number of amides is 1. The molecule has 0 spiro atoms. The molecule has 118 valence electrons. The summed E-state index contributed by atoms with van der Waals surface area (Å²) in [6, 6.07) is 2.03. The van der Waals surface area contributed by atoms with E-state index in [9.17, 15) is 4.79 Å². The van der Waals surface area contributed by atoms with Crippen LogP contribution in [0.5, 0.6) is 0 Å². The van der Waals surface area contributed by atoms with Crippen molar-refractivity contribution in [3.8, 4) is 0 Å². The van der Waals surface area contributed by atoms with E-state index in [0.717, 1.165) is 50.3 Å². The summed E-state index contributed by atoms with van der Waals surface area (Å²) in [5.41, 5.74) is 1.12. The van der Waals surface area contributed by atoms with E-state index in [1.165, 1.54) is 0 Å². The minimum Gasteiger partial charge on any atom is -0.342 e. The number of rotatable bonds is 5. The van der Waals surface area contributed by atoms with Crippen LogP contribution in [0, 0.1) is 0 Å². The first-order chi connectivity index (χ1) is 10.8. The van der Waals surface area contributed by atoms with Crippen molar-refractivity contribution in [2.75, 3.05) is 13.1 Å². The largest absolute Gasteiger partial charge is 0.342 e. The lowest BCUT2D eigenvalue weighted by Gasteiger charge is -2.32. The van der Waals surface area contributed by atoms with Crippen molar-refractivity contribution in [3.63, 3.8) is 0 Å². The van der Waals surface area contributed by atoms with Gasteiger partial charge in [0.05, 0.1) is 6.42 Å². The first-order valence-electron chi connectivity index (χ1n) is 7.94. The highest BCUT2D eigenvalue weighted by atomic mass is 32.1. The molecule has 0 bridgehead atoms. The molecule has 5 nitrogen and oxygen atoms in total. The van der Waals surface area contributed by atoms with Gasteiger partial charge < -0.3 is 9.47 Å². The van der Waals surface area contributed by atoms with Crippen LogP contribution in [0.25, 0.3) is 0 Å². The minimum absolute atomic E-state index is 0.227.